The Labute approximate surface area is 166 Å². The van der Waals surface area contributed by atoms with E-state index < -0.39 is 10.0 Å². The summed E-state index contributed by atoms with van der Waals surface area (Å²) in [6, 6.07) is 1.94. The van der Waals surface area contributed by atoms with Gasteiger partial charge in [0.15, 0.2) is 5.65 Å². The number of nitrogens with zero attached hydrogens (tertiary/aromatic N) is 4. The highest BCUT2D eigenvalue weighted by atomic mass is 32.2. The molecule has 3 rings (SSSR count). The number of carbonyl (C=O) groups excluding carboxylic acids is 1. The Bertz CT molecular complexity index is 973. The minimum absolute atomic E-state index is 0.0450. The maximum absolute atomic E-state index is 13.1. The van der Waals surface area contributed by atoms with Gasteiger partial charge in [0, 0.05) is 30.9 Å². The number of hydrogen-bond acceptors (Lipinski definition) is 5. The van der Waals surface area contributed by atoms with Crippen molar-refractivity contribution in [2.45, 2.75) is 58.5 Å². The summed E-state index contributed by atoms with van der Waals surface area (Å²) < 4.78 is 26.6. The standard InChI is InChI=1S/C19H29N5O3S/c1-12(2)17-10-15(16-11-20-24(13(3)4)18(16)22-17)19(25)21-14-6-8-23(9-7-14)28(5,26)27/h10-14H,6-9H2,1-5H3,(H,21,25). The van der Waals surface area contributed by atoms with Gasteiger partial charge in [-0.2, -0.15) is 5.10 Å². The zero-order chi connectivity index (χ0) is 20.6. The third kappa shape index (κ3) is 4.20. The molecule has 1 fully saturated rings. The lowest BCUT2D eigenvalue weighted by Crippen LogP contribution is -2.46. The fourth-order valence-corrected chi connectivity index (χ4v) is 4.37. The van der Waals surface area contributed by atoms with Crippen LogP contribution in [0.2, 0.25) is 0 Å². The summed E-state index contributed by atoms with van der Waals surface area (Å²) in [5, 5.41) is 8.24. The van der Waals surface area contributed by atoms with Crippen LogP contribution in [0, 0.1) is 0 Å². The Morgan fingerprint density at radius 3 is 2.39 bits per heavy atom. The molecule has 1 amide bonds. The van der Waals surface area contributed by atoms with Crippen LogP contribution in [0.5, 0.6) is 0 Å². The van der Waals surface area contributed by atoms with Gasteiger partial charge >= 0.3 is 0 Å². The number of rotatable bonds is 5. The molecule has 2 aromatic heterocycles. The van der Waals surface area contributed by atoms with Gasteiger partial charge in [0.25, 0.3) is 5.91 Å². The lowest BCUT2D eigenvalue weighted by Gasteiger charge is -2.30. The SMILES string of the molecule is CC(C)c1cc(C(=O)NC2CCN(S(C)(=O)=O)CC2)c2cnn(C(C)C)c2n1. The first kappa shape index (κ1) is 20.7. The molecule has 1 aliphatic rings. The molecular formula is C19H29N5O3S. The highest BCUT2D eigenvalue weighted by molar-refractivity contribution is 7.88. The molecule has 0 unspecified atom stereocenters. The molecule has 0 atom stereocenters. The van der Waals surface area contributed by atoms with E-state index in [0.717, 1.165) is 16.7 Å². The highest BCUT2D eigenvalue weighted by Gasteiger charge is 2.27. The minimum atomic E-state index is -3.18. The summed E-state index contributed by atoms with van der Waals surface area (Å²) >= 11 is 0. The number of aromatic nitrogens is 3. The third-order valence-electron chi connectivity index (χ3n) is 5.17. The van der Waals surface area contributed by atoms with Gasteiger partial charge in [-0.25, -0.2) is 22.4 Å². The summed E-state index contributed by atoms with van der Waals surface area (Å²) in [4.78, 5) is 17.8. The second-order valence-corrected chi connectivity index (χ2v) is 10.1. The fraction of sp³-hybridized carbons (Fsp3) is 0.632. The number of fused-ring (bicyclic) bond motifs is 1. The molecule has 2 aromatic rings. The van der Waals surface area contributed by atoms with E-state index in [1.807, 2.05) is 38.4 Å². The number of hydrogen-bond donors (Lipinski definition) is 1. The van der Waals surface area contributed by atoms with E-state index in [4.69, 9.17) is 4.98 Å². The molecule has 0 spiro atoms. The second kappa shape index (κ2) is 7.79. The quantitative estimate of drug-likeness (QED) is 0.820. The zero-order valence-electron chi connectivity index (χ0n) is 17.1. The lowest BCUT2D eigenvalue weighted by atomic mass is 10.0. The van der Waals surface area contributed by atoms with Crippen LogP contribution in [-0.4, -0.2) is 58.8 Å². The van der Waals surface area contributed by atoms with Crippen LogP contribution >= 0.6 is 0 Å². The average molecular weight is 408 g/mol. The van der Waals surface area contributed by atoms with Crippen molar-refractivity contribution in [2.24, 2.45) is 0 Å². The van der Waals surface area contributed by atoms with Crippen molar-refractivity contribution in [3.8, 4) is 0 Å². The number of amides is 1. The number of nitrogens with one attached hydrogen (secondary N) is 1. The smallest absolute Gasteiger partial charge is 0.252 e. The summed E-state index contributed by atoms with van der Waals surface area (Å²) in [5.41, 5.74) is 2.15. The summed E-state index contributed by atoms with van der Waals surface area (Å²) in [7, 11) is -3.18. The molecule has 28 heavy (non-hydrogen) atoms. The number of carbonyl (C=O) groups is 1. The molecule has 8 nitrogen and oxygen atoms in total. The van der Waals surface area contributed by atoms with Gasteiger partial charge in [-0.15, -0.1) is 0 Å². The molecule has 154 valence electrons. The zero-order valence-corrected chi connectivity index (χ0v) is 18.0. The average Bonchev–Trinajstić information content (AvgIpc) is 3.04. The Balaban J connectivity index is 1.85. The van der Waals surface area contributed by atoms with Crippen molar-refractivity contribution in [3.05, 3.63) is 23.5 Å². The first-order valence-electron chi connectivity index (χ1n) is 9.72. The Kier molecular flexibility index (Phi) is 5.77. The van der Waals surface area contributed by atoms with Crippen molar-refractivity contribution in [2.75, 3.05) is 19.3 Å². The van der Waals surface area contributed by atoms with E-state index in [1.165, 1.54) is 10.6 Å². The molecule has 0 bridgehead atoms. The van der Waals surface area contributed by atoms with Gasteiger partial charge < -0.3 is 5.32 Å². The lowest BCUT2D eigenvalue weighted by molar-refractivity contribution is 0.0925. The van der Waals surface area contributed by atoms with E-state index in [1.54, 1.807) is 6.20 Å². The molecule has 3 heterocycles. The third-order valence-corrected chi connectivity index (χ3v) is 6.47. The van der Waals surface area contributed by atoms with Crippen molar-refractivity contribution in [1.29, 1.82) is 0 Å². The van der Waals surface area contributed by atoms with E-state index >= 15 is 0 Å². The predicted molar refractivity (Wildman–Crippen MR) is 109 cm³/mol. The normalized spacial score (nSPS) is 17.0. The van der Waals surface area contributed by atoms with Crippen LogP contribution in [0.1, 0.15) is 68.5 Å². The number of pyridine rings is 1. The number of piperidine rings is 1. The Morgan fingerprint density at radius 1 is 1.21 bits per heavy atom. The fourth-order valence-electron chi connectivity index (χ4n) is 3.49. The molecular weight excluding hydrogens is 378 g/mol. The van der Waals surface area contributed by atoms with Crippen molar-refractivity contribution in [3.63, 3.8) is 0 Å². The van der Waals surface area contributed by atoms with Gasteiger partial charge in [0.05, 0.1) is 23.4 Å². The monoisotopic (exact) mass is 407 g/mol. The first-order chi connectivity index (χ1) is 13.1. The van der Waals surface area contributed by atoms with Crippen LogP contribution in [0.3, 0.4) is 0 Å². The number of sulfonamides is 1. The molecule has 1 aliphatic heterocycles. The molecule has 1 saturated heterocycles. The molecule has 0 aromatic carbocycles. The second-order valence-electron chi connectivity index (χ2n) is 8.08. The van der Waals surface area contributed by atoms with Gasteiger partial charge in [-0.05, 0) is 38.7 Å². The summed E-state index contributed by atoms with van der Waals surface area (Å²) in [6.45, 7) is 9.02. The molecule has 9 heteroatoms. The van der Waals surface area contributed by atoms with Gasteiger partial charge in [0.2, 0.25) is 10.0 Å². The van der Waals surface area contributed by atoms with Crippen LogP contribution < -0.4 is 5.32 Å². The van der Waals surface area contributed by atoms with Crippen LogP contribution in [-0.2, 0) is 10.0 Å². The van der Waals surface area contributed by atoms with Crippen molar-refractivity contribution in [1.82, 2.24) is 24.4 Å². The predicted octanol–water partition coefficient (Wildman–Crippen LogP) is 2.29. The van der Waals surface area contributed by atoms with Gasteiger partial charge in [0.1, 0.15) is 0 Å². The van der Waals surface area contributed by atoms with Crippen LogP contribution in [0.15, 0.2) is 12.3 Å². The van der Waals surface area contributed by atoms with E-state index in [0.29, 0.717) is 31.5 Å². The van der Waals surface area contributed by atoms with Crippen LogP contribution in [0.25, 0.3) is 11.0 Å². The van der Waals surface area contributed by atoms with Crippen LogP contribution in [0.4, 0.5) is 0 Å². The van der Waals surface area contributed by atoms with Gasteiger partial charge in [-0.1, -0.05) is 13.8 Å². The molecule has 0 saturated carbocycles. The summed E-state index contributed by atoms with van der Waals surface area (Å²) in [5.74, 6) is 0.0277. The highest BCUT2D eigenvalue weighted by Crippen LogP contribution is 2.25. The molecule has 1 N–H and O–H groups in total. The van der Waals surface area contributed by atoms with Crippen molar-refractivity contribution < 1.29 is 13.2 Å². The topological polar surface area (TPSA) is 97.2 Å². The van der Waals surface area contributed by atoms with E-state index in [2.05, 4.69) is 10.4 Å². The van der Waals surface area contributed by atoms with E-state index in [-0.39, 0.29) is 23.9 Å². The summed E-state index contributed by atoms with van der Waals surface area (Å²) in [6.07, 6.45) is 4.14. The van der Waals surface area contributed by atoms with Gasteiger partial charge in [-0.3, -0.25) is 4.79 Å². The van der Waals surface area contributed by atoms with Crippen molar-refractivity contribution >= 4 is 27.0 Å². The first-order valence-corrected chi connectivity index (χ1v) is 11.6. The molecule has 0 radical (unpaired) electrons. The van der Waals surface area contributed by atoms with E-state index in [9.17, 15) is 13.2 Å². The maximum Gasteiger partial charge on any atom is 0.252 e. The Hall–Kier alpha value is -2.00. The minimum Gasteiger partial charge on any atom is -0.349 e. The maximum atomic E-state index is 13.1. The molecule has 0 aliphatic carbocycles. The largest absolute Gasteiger partial charge is 0.349 e. The Morgan fingerprint density at radius 2 is 1.86 bits per heavy atom.